The molecule has 1 aromatic carbocycles. The summed E-state index contributed by atoms with van der Waals surface area (Å²) in [7, 11) is -2.03. The average Bonchev–Trinajstić information content (AvgIpc) is 2.86. The van der Waals surface area contributed by atoms with Crippen LogP contribution in [0.25, 0.3) is 0 Å². The summed E-state index contributed by atoms with van der Waals surface area (Å²) in [6, 6.07) is 7.49. The number of anilines is 2. The Labute approximate surface area is 124 Å². The third-order valence-electron chi connectivity index (χ3n) is 3.68. The molecule has 1 aliphatic heterocycles. The Morgan fingerprint density at radius 3 is 2.90 bits per heavy atom. The van der Waals surface area contributed by atoms with Crippen molar-refractivity contribution in [1.29, 1.82) is 0 Å². The van der Waals surface area contributed by atoms with E-state index in [9.17, 15) is 8.42 Å². The zero-order chi connectivity index (χ0) is 15.0. The van der Waals surface area contributed by atoms with Gasteiger partial charge in [0.2, 0.25) is 0 Å². The van der Waals surface area contributed by atoms with Gasteiger partial charge in [0.05, 0.1) is 17.6 Å². The second-order valence-corrected chi connectivity index (χ2v) is 6.95. The number of aryl methyl sites for hydroxylation is 2. The lowest BCUT2D eigenvalue weighted by atomic mass is 9.98. The molecular formula is C14H18N4O2S. The van der Waals surface area contributed by atoms with E-state index in [0.717, 1.165) is 24.1 Å². The van der Waals surface area contributed by atoms with Crippen LogP contribution in [-0.2, 0) is 23.5 Å². The highest BCUT2D eigenvalue weighted by atomic mass is 32.2. The number of sulfonamides is 1. The van der Waals surface area contributed by atoms with Crippen molar-refractivity contribution < 1.29 is 8.42 Å². The van der Waals surface area contributed by atoms with E-state index in [1.807, 2.05) is 12.1 Å². The smallest absolute Gasteiger partial charge is 0.279 e. The summed E-state index contributed by atoms with van der Waals surface area (Å²) in [5.74, 6) is 0. The Morgan fingerprint density at radius 2 is 2.19 bits per heavy atom. The second kappa shape index (κ2) is 5.07. The van der Waals surface area contributed by atoms with Crippen molar-refractivity contribution >= 4 is 21.4 Å². The fraction of sp³-hybridized carbons (Fsp3) is 0.357. The molecule has 0 radical (unpaired) electrons. The number of hydrogen-bond donors (Lipinski definition) is 2. The Bertz CT molecular complexity index is 767. The first-order valence-corrected chi connectivity index (χ1v) is 8.35. The van der Waals surface area contributed by atoms with Gasteiger partial charge in [-0.05, 0) is 37.5 Å². The molecular weight excluding hydrogens is 288 g/mol. The van der Waals surface area contributed by atoms with Crippen molar-refractivity contribution in [2.24, 2.45) is 7.05 Å². The Balaban J connectivity index is 1.98. The van der Waals surface area contributed by atoms with E-state index < -0.39 is 10.0 Å². The van der Waals surface area contributed by atoms with E-state index in [1.54, 1.807) is 13.1 Å². The molecule has 21 heavy (non-hydrogen) atoms. The zero-order valence-corrected chi connectivity index (χ0v) is 12.8. The first-order chi connectivity index (χ1) is 9.97. The maximum absolute atomic E-state index is 12.5. The summed E-state index contributed by atoms with van der Waals surface area (Å²) >= 11 is 0. The summed E-state index contributed by atoms with van der Waals surface area (Å²) in [6.45, 7) is 2.09. The number of nitrogens with zero attached hydrogens (tertiary/aromatic N) is 2. The number of benzene rings is 1. The zero-order valence-electron chi connectivity index (χ0n) is 12.0. The Morgan fingerprint density at radius 1 is 1.38 bits per heavy atom. The summed E-state index contributed by atoms with van der Waals surface area (Å²) in [6.07, 6.45) is 3.46. The molecule has 2 N–H and O–H groups in total. The molecule has 112 valence electrons. The van der Waals surface area contributed by atoms with Crippen LogP contribution in [0.5, 0.6) is 0 Å². The molecule has 0 bridgehead atoms. The molecule has 7 heteroatoms. The number of para-hydroxylation sites is 1. The highest BCUT2D eigenvalue weighted by Gasteiger charge is 2.22. The SMILES string of the molecule is CC1CCc2cccc(NS(=O)(=O)c3ccnn3C)c2N1. The van der Waals surface area contributed by atoms with Gasteiger partial charge < -0.3 is 5.32 Å². The first kappa shape index (κ1) is 13.9. The summed E-state index contributed by atoms with van der Waals surface area (Å²) in [5, 5.41) is 7.41. The van der Waals surface area contributed by atoms with E-state index >= 15 is 0 Å². The van der Waals surface area contributed by atoms with Gasteiger partial charge >= 0.3 is 0 Å². The van der Waals surface area contributed by atoms with Crippen LogP contribution in [0.15, 0.2) is 35.5 Å². The molecule has 6 nitrogen and oxygen atoms in total. The van der Waals surface area contributed by atoms with Crippen LogP contribution in [-0.4, -0.2) is 24.2 Å². The topological polar surface area (TPSA) is 76.0 Å². The molecule has 1 unspecified atom stereocenters. The van der Waals surface area contributed by atoms with Gasteiger partial charge in [0.15, 0.2) is 5.03 Å². The van der Waals surface area contributed by atoms with Crippen molar-refractivity contribution in [3.63, 3.8) is 0 Å². The van der Waals surface area contributed by atoms with Gasteiger partial charge in [0.1, 0.15) is 0 Å². The standard InChI is InChI=1S/C14H18N4O2S/c1-10-6-7-11-4-3-5-12(14(11)16-10)17-21(19,20)13-8-9-15-18(13)2/h3-5,8-10,16-17H,6-7H2,1-2H3. The third kappa shape index (κ3) is 2.61. The number of aromatic nitrogens is 2. The lowest BCUT2D eigenvalue weighted by Crippen LogP contribution is -2.24. The minimum Gasteiger partial charge on any atom is -0.381 e. The number of fused-ring (bicyclic) bond motifs is 1. The van der Waals surface area contributed by atoms with Crippen molar-refractivity contribution in [1.82, 2.24) is 9.78 Å². The van der Waals surface area contributed by atoms with Gasteiger partial charge in [0, 0.05) is 13.1 Å². The summed E-state index contributed by atoms with van der Waals surface area (Å²) < 4.78 is 28.9. The van der Waals surface area contributed by atoms with E-state index in [1.165, 1.54) is 16.9 Å². The van der Waals surface area contributed by atoms with Crippen molar-refractivity contribution in [2.75, 3.05) is 10.0 Å². The fourth-order valence-corrected chi connectivity index (χ4v) is 3.78. The molecule has 1 atom stereocenters. The maximum atomic E-state index is 12.5. The second-order valence-electron chi connectivity index (χ2n) is 5.32. The first-order valence-electron chi connectivity index (χ1n) is 6.86. The third-order valence-corrected chi connectivity index (χ3v) is 5.12. The lowest BCUT2D eigenvalue weighted by molar-refractivity contribution is 0.582. The predicted molar refractivity (Wildman–Crippen MR) is 81.9 cm³/mol. The van der Waals surface area contributed by atoms with Gasteiger partial charge in [-0.3, -0.25) is 9.40 Å². The molecule has 2 aromatic rings. The number of hydrogen-bond acceptors (Lipinski definition) is 4. The number of nitrogens with one attached hydrogen (secondary N) is 2. The average molecular weight is 306 g/mol. The highest BCUT2D eigenvalue weighted by Crippen LogP contribution is 2.33. The van der Waals surface area contributed by atoms with Crippen LogP contribution in [0.1, 0.15) is 18.9 Å². The summed E-state index contributed by atoms with van der Waals surface area (Å²) in [5.41, 5.74) is 2.60. The molecule has 0 saturated carbocycles. The quantitative estimate of drug-likeness (QED) is 0.909. The molecule has 0 saturated heterocycles. The van der Waals surface area contributed by atoms with Crippen LogP contribution in [0.2, 0.25) is 0 Å². The largest absolute Gasteiger partial charge is 0.381 e. The number of rotatable bonds is 3. The van der Waals surface area contributed by atoms with E-state index in [2.05, 4.69) is 22.1 Å². The van der Waals surface area contributed by atoms with Crippen molar-refractivity contribution in [3.05, 3.63) is 36.0 Å². The molecule has 0 fully saturated rings. The molecule has 0 spiro atoms. The fourth-order valence-electron chi connectivity index (χ4n) is 2.58. The van der Waals surface area contributed by atoms with E-state index in [0.29, 0.717) is 11.7 Å². The molecule has 1 aromatic heterocycles. The normalized spacial score (nSPS) is 17.9. The molecule has 0 aliphatic carbocycles. The predicted octanol–water partition coefficient (Wildman–Crippen LogP) is 1.97. The van der Waals surface area contributed by atoms with E-state index in [-0.39, 0.29) is 5.03 Å². The Kier molecular flexibility index (Phi) is 3.36. The van der Waals surface area contributed by atoms with Crippen molar-refractivity contribution in [2.45, 2.75) is 30.8 Å². The van der Waals surface area contributed by atoms with Crippen LogP contribution in [0, 0.1) is 0 Å². The van der Waals surface area contributed by atoms with Gasteiger partial charge in [-0.15, -0.1) is 0 Å². The van der Waals surface area contributed by atoms with Gasteiger partial charge in [-0.25, -0.2) is 0 Å². The molecule has 1 aliphatic rings. The van der Waals surface area contributed by atoms with Crippen LogP contribution >= 0.6 is 0 Å². The van der Waals surface area contributed by atoms with Gasteiger partial charge in [-0.2, -0.15) is 13.5 Å². The maximum Gasteiger partial charge on any atom is 0.279 e. The minimum absolute atomic E-state index is 0.143. The van der Waals surface area contributed by atoms with Crippen LogP contribution < -0.4 is 10.0 Å². The molecule has 3 rings (SSSR count). The molecule has 2 heterocycles. The van der Waals surface area contributed by atoms with Crippen LogP contribution in [0.4, 0.5) is 11.4 Å². The van der Waals surface area contributed by atoms with Gasteiger partial charge in [0.25, 0.3) is 10.0 Å². The minimum atomic E-state index is -3.64. The van der Waals surface area contributed by atoms with Gasteiger partial charge in [-0.1, -0.05) is 12.1 Å². The lowest BCUT2D eigenvalue weighted by Gasteiger charge is -2.26. The van der Waals surface area contributed by atoms with Crippen molar-refractivity contribution in [3.8, 4) is 0 Å². The Hall–Kier alpha value is -2.02. The summed E-state index contributed by atoms with van der Waals surface area (Å²) in [4.78, 5) is 0. The van der Waals surface area contributed by atoms with Crippen LogP contribution in [0.3, 0.4) is 0 Å². The molecule has 0 amide bonds. The van der Waals surface area contributed by atoms with E-state index in [4.69, 9.17) is 0 Å². The highest BCUT2D eigenvalue weighted by molar-refractivity contribution is 7.92. The monoisotopic (exact) mass is 306 g/mol.